The molecule has 1 amide bonds. The smallest absolute Gasteiger partial charge is 0.306 e. The number of benzene rings is 1. The molecular weight excluding hydrogens is 356 g/mol. The number of aromatic nitrogens is 1. The Morgan fingerprint density at radius 1 is 1.32 bits per heavy atom. The van der Waals surface area contributed by atoms with Crippen molar-refractivity contribution in [3.8, 4) is 11.3 Å². The van der Waals surface area contributed by atoms with Crippen LogP contribution in [0.1, 0.15) is 25.8 Å². The molecule has 0 aliphatic rings. The summed E-state index contributed by atoms with van der Waals surface area (Å²) in [5.41, 5.74) is 3.17. The number of carbonyl (C=O) groups is 2. The number of carbonyl (C=O) groups excluding carboxylic acids is 2. The number of thiazole rings is 1. The molecule has 1 atom stereocenters. The molecule has 0 saturated heterocycles. The number of nitrogens with one attached hydrogen (secondary N) is 1. The van der Waals surface area contributed by atoms with Gasteiger partial charge in [-0.15, -0.1) is 23.1 Å². The maximum Gasteiger partial charge on any atom is 0.306 e. The quantitative estimate of drug-likeness (QED) is 0.703. The first kappa shape index (κ1) is 19.5. The van der Waals surface area contributed by atoms with Crippen molar-refractivity contribution < 1.29 is 14.3 Å². The molecule has 1 N–H and O–H groups in total. The number of hydrogen-bond acceptors (Lipinski definition) is 6. The van der Waals surface area contributed by atoms with Crippen LogP contribution < -0.4 is 5.32 Å². The number of amides is 1. The van der Waals surface area contributed by atoms with Crippen LogP contribution in [0.15, 0.2) is 29.6 Å². The minimum Gasteiger partial charge on any atom is -0.469 e. The third-order valence-corrected chi connectivity index (χ3v) is 5.57. The summed E-state index contributed by atoms with van der Waals surface area (Å²) in [5, 5.41) is 5.09. The minimum absolute atomic E-state index is 0.114. The Balaban J connectivity index is 1.89. The Labute approximate surface area is 156 Å². The van der Waals surface area contributed by atoms with E-state index in [4.69, 9.17) is 0 Å². The van der Waals surface area contributed by atoms with Crippen molar-refractivity contribution in [2.75, 3.05) is 18.2 Å². The van der Waals surface area contributed by atoms with Crippen LogP contribution in [0.4, 0.5) is 5.13 Å². The van der Waals surface area contributed by atoms with Crippen molar-refractivity contribution in [2.24, 2.45) is 0 Å². The van der Waals surface area contributed by atoms with Gasteiger partial charge in [-0.2, -0.15) is 0 Å². The maximum atomic E-state index is 12.2. The first-order valence-corrected chi connectivity index (χ1v) is 10.0. The molecule has 1 aromatic heterocycles. The van der Waals surface area contributed by atoms with Crippen LogP contribution >= 0.6 is 23.1 Å². The van der Waals surface area contributed by atoms with E-state index < -0.39 is 0 Å². The van der Waals surface area contributed by atoms with E-state index in [0.29, 0.717) is 17.3 Å². The molecule has 1 aromatic carbocycles. The monoisotopic (exact) mass is 378 g/mol. The molecular formula is C18H22N2O3S2. The molecule has 25 heavy (non-hydrogen) atoms. The summed E-state index contributed by atoms with van der Waals surface area (Å²) < 4.78 is 4.59. The zero-order valence-corrected chi connectivity index (χ0v) is 16.2. The molecule has 134 valence electrons. The van der Waals surface area contributed by atoms with Crippen LogP contribution in [0.5, 0.6) is 0 Å². The Morgan fingerprint density at radius 3 is 2.68 bits per heavy atom. The van der Waals surface area contributed by atoms with Gasteiger partial charge in [-0.25, -0.2) is 4.98 Å². The lowest BCUT2D eigenvalue weighted by Gasteiger charge is -2.09. The largest absolute Gasteiger partial charge is 0.469 e. The molecule has 0 bridgehead atoms. The first-order chi connectivity index (χ1) is 12.0. The van der Waals surface area contributed by atoms with Crippen molar-refractivity contribution >= 4 is 40.1 Å². The van der Waals surface area contributed by atoms with E-state index in [0.717, 1.165) is 17.7 Å². The van der Waals surface area contributed by atoms with Gasteiger partial charge in [0.15, 0.2) is 5.13 Å². The van der Waals surface area contributed by atoms with Crippen LogP contribution in [0.25, 0.3) is 11.3 Å². The fourth-order valence-electron chi connectivity index (χ4n) is 2.08. The Kier molecular flexibility index (Phi) is 7.46. The van der Waals surface area contributed by atoms with Crippen molar-refractivity contribution in [1.82, 2.24) is 4.98 Å². The molecule has 0 fully saturated rings. The molecule has 0 unspecified atom stereocenters. The van der Waals surface area contributed by atoms with E-state index >= 15 is 0 Å². The van der Waals surface area contributed by atoms with Crippen molar-refractivity contribution in [2.45, 2.75) is 31.9 Å². The number of aryl methyl sites for hydroxylation is 1. The van der Waals surface area contributed by atoms with Crippen LogP contribution in [0.3, 0.4) is 0 Å². The second kappa shape index (κ2) is 9.58. The number of anilines is 1. The third-order valence-electron chi connectivity index (χ3n) is 3.66. The van der Waals surface area contributed by atoms with Gasteiger partial charge in [-0.1, -0.05) is 31.2 Å². The SMILES string of the molecule is CCc1ccc(-c2csc(NC(=O)[C@H](C)SCCC(=O)OC)n2)cc1. The Hall–Kier alpha value is -1.86. The number of methoxy groups -OCH3 is 1. The highest BCUT2D eigenvalue weighted by atomic mass is 32.2. The number of thioether (sulfide) groups is 1. The van der Waals surface area contributed by atoms with E-state index in [2.05, 4.69) is 34.1 Å². The van der Waals surface area contributed by atoms with Crippen molar-refractivity contribution in [3.05, 3.63) is 35.2 Å². The normalized spacial score (nSPS) is 11.8. The predicted octanol–water partition coefficient (Wildman–Crippen LogP) is 4.00. The standard InChI is InChI=1S/C18H22N2O3S2/c1-4-13-5-7-14(8-6-13)15-11-25-18(19-15)20-17(22)12(2)24-10-9-16(21)23-3/h5-8,11-12H,4,9-10H2,1-3H3,(H,19,20,22)/t12-/m0/s1. The number of rotatable bonds is 8. The molecule has 0 aliphatic heterocycles. The van der Waals surface area contributed by atoms with Gasteiger partial charge in [0.1, 0.15) is 0 Å². The van der Waals surface area contributed by atoms with E-state index in [1.165, 1.54) is 35.8 Å². The zero-order chi connectivity index (χ0) is 18.2. The van der Waals surface area contributed by atoms with Crippen LogP contribution in [-0.4, -0.2) is 35.0 Å². The van der Waals surface area contributed by atoms with Gasteiger partial charge >= 0.3 is 5.97 Å². The second-order valence-electron chi connectivity index (χ2n) is 5.42. The maximum absolute atomic E-state index is 12.2. The minimum atomic E-state index is -0.265. The van der Waals surface area contributed by atoms with Gasteiger partial charge in [0.05, 0.1) is 24.5 Å². The fraction of sp³-hybridized carbons (Fsp3) is 0.389. The van der Waals surface area contributed by atoms with Gasteiger partial charge in [-0.3, -0.25) is 9.59 Å². The second-order valence-corrected chi connectivity index (χ2v) is 7.72. The van der Waals surface area contributed by atoms with E-state index in [9.17, 15) is 9.59 Å². The van der Waals surface area contributed by atoms with E-state index in [1.54, 1.807) is 0 Å². The molecule has 0 spiro atoms. The molecule has 0 saturated carbocycles. The van der Waals surface area contributed by atoms with Crippen LogP contribution in [0.2, 0.25) is 0 Å². The summed E-state index contributed by atoms with van der Waals surface area (Å²) >= 11 is 2.82. The summed E-state index contributed by atoms with van der Waals surface area (Å²) in [6.45, 7) is 3.94. The van der Waals surface area contributed by atoms with Gasteiger partial charge in [0.25, 0.3) is 0 Å². The molecule has 2 aromatic rings. The lowest BCUT2D eigenvalue weighted by molar-refractivity contribution is -0.140. The average molecular weight is 379 g/mol. The molecule has 5 nitrogen and oxygen atoms in total. The summed E-state index contributed by atoms with van der Waals surface area (Å²) in [5.74, 6) is 0.171. The highest BCUT2D eigenvalue weighted by Gasteiger charge is 2.16. The topological polar surface area (TPSA) is 68.3 Å². The first-order valence-electron chi connectivity index (χ1n) is 8.07. The number of ether oxygens (including phenoxy) is 1. The zero-order valence-electron chi connectivity index (χ0n) is 14.6. The van der Waals surface area contributed by atoms with Crippen molar-refractivity contribution in [1.29, 1.82) is 0 Å². The van der Waals surface area contributed by atoms with Gasteiger partial charge in [0, 0.05) is 16.7 Å². The lowest BCUT2D eigenvalue weighted by Crippen LogP contribution is -2.23. The lowest BCUT2D eigenvalue weighted by atomic mass is 10.1. The number of nitrogens with zero attached hydrogens (tertiary/aromatic N) is 1. The van der Waals surface area contributed by atoms with Crippen LogP contribution in [-0.2, 0) is 20.7 Å². The van der Waals surface area contributed by atoms with Gasteiger partial charge < -0.3 is 10.1 Å². The van der Waals surface area contributed by atoms with Crippen molar-refractivity contribution in [3.63, 3.8) is 0 Å². The molecule has 2 rings (SSSR count). The fourth-order valence-corrected chi connectivity index (χ4v) is 3.65. The Morgan fingerprint density at radius 2 is 2.04 bits per heavy atom. The Bertz CT molecular complexity index is 713. The number of esters is 1. The van der Waals surface area contributed by atoms with E-state index in [-0.39, 0.29) is 17.1 Å². The molecule has 0 aliphatic carbocycles. The van der Waals surface area contributed by atoms with Gasteiger partial charge in [0.2, 0.25) is 5.91 Å². The molecule has 0 radical (unpaired) electrons. The molecule has 7 heteroatoms. The van der Waals surface area contributed by atoms with Crippen LogP contribution in [0, 0.1) is 0 Å². The van der Waals surface area contributed by atoms with Gasteiger partial charge in [-0.05, 0) is 18.9 Å². The third kappa shape index (κ3) is 5.86. The van der Waals surface area contributed by atoms with E-state index in [1.807, 2.05) is 24.4 Å². The predicted molar refractivity (Wildman–Crippen MR) is 104 cm³/mol. The highest BCUT2D eigenvalue weighted by Crippen LogP contribution is 2.26. The molecule has 1 heterocycles. The summed E-state index contributed by atoms with van der Waals surface area (Å²) in [6, 6.07) is 8.27. The summed E-state index contributed by atoms with van der Waals surface area (Å²) in [6.07, 6.45) is 1.30. The summed E-state index contributed by atoms with van der Waals surface area (Å²) in [4.78, 5) is 27.8. The number of hydrogen-bond donors (Lipinski definition) is 1. The highest BCUT2D eigenvalue weighted by molar-refractivity contribution is 8.00. The summed E-state index contributed by atoms with van der Waals surface area (Å²) in [7, 11) is 1.36. The average Bonchev–Trinajstić information content (AvgIpc) is 3.09.